The quantitative estimate of drug-likeness (QED) is 0.795. The zero-order chi connectivity index (χ0) is 17.9. The van der Waals surface area contributed by atoms with E-state index in [9.17, 15) is 13.2 Å². The minimum absolute atomic E-state index is 0.0405. The first-order valence-electron chi connectivity index (χ1n) is 7.98. The summed E-state index contributed by atoms with van der Waals surface area (Å²) in [4.78, 5) is 13.9. The molecule has 0 spiro atoms. The molecule has 8 heteroatoms. The van der Waals surface area contributed by atoms with Crippen molar-refractivity contribution in [1.82, 2.24) is 9.21 Å². The maximum atomic E-state index is 12.5. The zero-order valence-corrected chi connectivity index (χ0v) is 15.6. The van der Waals surface area contributed by atoms with Crippen molar-refractivity contribution < 1.29 is 17.9 Å². The van der Waals surface area contributed by atoms with Crippen LogP contribution in [-0.4, -0.2) is 56.3 Å². The maximum absolute atomic E-state index is 12.5. The number of aryl methyl sites for hydroxylation is 1. The molecule has 1 amide bonds. The van der Waals surface area contributed by atoms with Crippen LogP contribution in [0.3, 0.4) is 0 Å². The summed E-state index contributed by atoms with van der Waals surface area (Å²) in [7, 11) is -3.45. The molecule has 0 unspecified atom stereocenters. The van der Waals surface area contributed by atoms with Crippen LogP contribution in [0.5, 0.6) is 5.75 Å². The van der Waals surface area contributed by atoms with Crippen molar-refractivity contribution in [2.45, 2.75) is 11.1 Å². The molecule has 25 heavy (non-hydrogen) atoms. The van der Waals surface area contributed by atoms with Crippen LogP contribution >= 0.6 is 11.3 Å². The van der Waals surface area contributed by atoms with Crippen LogP contribution < -0.4 is 4.74 Å². The Morgan fingerprint density at radius 3 is 2.56 bits per heavy atom. The highest BCUT2D eigenvalue weighted by molar-refractivity contribution is 7.91. The largest absolute Gasteiger partial charge is 0.484 e. The molecule has 0 bridgehead atoms. The zero-order valence-electron chi connectivity index (χ0n) is 13.9. The molecule has 2 aromatic rings. The number of benzene rings is 1. The molecule has 6 nitrogen and oxygen atoms in total. The number of piperazine rings is 1. The van der Waals surface area contributed by atoms with Crippen molar-refractivity contribution in [3.63, 3.8) is 0 Å². The second-order valence-electron chi connectivity index (χ2n) is 5.82. The maximum Gasteiger partial charge on any atom is 0.260 e. The van der Waals surface area contributed by atoms with E-state index in [4.69, 9.17) is 4.74 Å². The van der Waals surface area contributed by atoms with E-state index in [1.54, 1.807) is 22.4 Å². The minimum atomic E-state index is -3.45. The molecule has 0 aliphatic carbocycles. The third-order valence-corrected chi connectivity index (χ3v) is 7.30. The molecule has 1 fully saturated rings. The molecule has 0 saturated carbocycles. The van der Waals surface area contributed by atoms with E-state index in [2.05, 4.69) is 0 Å². The molecular weight excluding hydrogens is 360 g/mol. The molecule has 1 aliphatic heterocycles. The van der Waals surface area contributed by atoms with Gasteiger partial charge in [0.1, 0.15) is 9.96 Å². The molecule has 1 aromatic carbocycles. The fraction of sp³-hybridized carbons (Fsp3) is 0.353. The van der Waals surface area contributed by atoms with Crippen molar-refractivity contribution in [1.29, 1.82) is 0 Å². The predicted molar refractivity (Wildman–Crippen MR) is 96.3 cm³/mol. The number of hydrogen-bond donors (Lipinski definition) is 0. The van der Waals surface area contributed by atoms with Crippen molar-refractivity contribution in [3.8, 4) is 5.75 Å². The summed E-state index contributed by atoms with van der Waals surface area (Å²) in [6.07, 6.45) is 0. The Labute approximate surface area is 151 Å². The van der Waals surface area contributed by atoms with E-state index in [1.807, 2.05) is 31.2 Å². The second-order valence-corrected chi connectivity index (χ2v) is 8.93. The molecule has 1 aliphatic rings. The summed E-state index contributed by atoms with van der Waals surface area (Å²) in [6.45, 7) is 3.27. The summed E-state index contributed by atoms with van der Waals surface area (Å²) in [5, 5.41) is 1.75. The highest BCUT2D eigenvalue weighted by atomic mass is 32.2. The predicted octanol–water partition coefficient (Wildman–Crippen LogP) is 1.97. The van der Waals surface area contributed by atoms with Gasteiger partial charge in [-0.3, -0.25) is 4.79 Å². The van der Waals surface area contributed by atoms with Gasteiger partial charge in [-0.1, -0.05) is 18.2 Å². The lowest BCUT2D eigenvalue weighted by molar-refractivity contribution is -0.134. The van der Waals surface area contributed by atoms with Gasteiger partial charge in [0.2, 0.25) is 0 Å². The number of thiophene rings is 1. The first kappa shape index (κ1) is 17.9. The van der Waals surface area contributed by atoms with Crippen LogP contribution in [0, 0.1) is 6.92 Å². The standard InChI is InChI=1S/C17H20N2O4S2/c1-14-4-2-5-15(12-14)23-13-16(20)18-7-9-19(10-8-18)25(21,22)17-6-3-11-24-17/h2-6,11-12H,7-10,13H2,1H3. The van der Waals surface area contributed by atoms with E-state index in [0.29, 0.717) is 36.1 Å². The molecule has 3 rings (SSSR count). The highest BCUT2D eigenvalue weighted by Gasteiger charge is 2.30. The van der Waals surface area contributed by atoms with Gasteiger partial charge in [-0.2, -0.15) is 4.31 Å². The van der Waals surface area contributed by atoms with Gasteiger partial charge in [-0.15, -0.1) is 11.3 Å². The van der Waals surface area contributed by atoms with Gasteiger partial charge in [0, 0.05) is 26.2 Å². The molecule has 0 N–H and O–H groups in total. The average Bonchev–Trinajstić information content (AvgIpc) is 3.15. The second kappa shape index (κ2) is 7.55. The highest BCUT2D eigenvalue weighted by Crippen LogP contribution is 2.22. The first-order valence-corrected chi connectivity index (χ1v) is 10.3. The lowest BCUT2D eigenvalue weighted by Crippen LogP contribution is -2.51. The number of sulfonamides is 1. The number of carbonyl (C=O) groups excluding carboxylic acids is 1. The molecule has 0 radical (unpaired) electrons. The molecule has 1 saturated heterocycles. The number of carbonyl (C=O) groups is 1. The van der Waals surface area contributed by atoms with Crippen molar-refractivity contribution in [2.75, 3.05) is 32.8 Å². The normalized spacial score (nSPS) is 16.0. The molecule has 1 aromatic heterocycles. The van der Waals surface area contributed by atoms with Gasteiger partial charge in [-0.05, 0) is 36.1 Å². The first-order chi connectivity index (χ1) is 12.0. The number of ether oxygens (including phenoxy) is 1. The van der Waals surface area contributed by atoms with Crippen LogP contribution in [0.1, 0.15) is 5.56 Å². The van der Waals surface area contributed by atoms with Gasteiger partial charge in [0.15, 0.2) is 6.61 Å². The number of hydrogen-bond acceptors (Lipinski definition) is 5. The monoisotopic (exact) mass is 380 g/mol. The van der Waals surface area contributed by atoms with Crippen LogP contribution in [0.4, 0.5) is 0 Å². The fourth-order valence-corrected chi connectivity index (χ4v) is 5.22. The number of rotatable bonds is 5. The van der Waals surface area contributed by atoms with E-state index >= 15 is 0 Å². The van der Waals surface area contributed by atoms with E-state index in [-0.39, 0.29) is 12.5 Å². The SMILES string of the molecule is Cc1cccc(OCC(=O)N2CCN(S(=O)(=O)c3cccs3)CC2)c1. The average molecular weight is 380 g/mol. The van der Waals surface area contributed by atoms with Crippen molar-refractivity contribution in [2.24, 2.45) is 0 Å². The smallest absolute Gasteiger partial charge is 0.260 e. The molecular formula is C17H20N2O4S2. The van der Waals surface area contributed by atoms with Crippen LogP contribution in [0.2, 0.25) is 0 Å². The topological polar surface area (TPSA) is 66.9 Å². The third kappa shape index (κ3) is 4.20. The summed E-state index contributed by atoms with van der Waals surface area (Å²) < 4.78 is 32.3. The summed E-state index contributed by atoms with van der Waals surface area (Å²) in [6, 6.07) is 10.9. The van der Waals surface area contributed by atoms with E-state index in [0.717, 1.165) is 5.56 Å². The summed E-state index contributed by atoms with van der Waals surface area (Å²) in [5.74, 6) is 0.530. The molecule has 134 valence electrons. The van der Waals surface area contributed by atoms with Gasteiger partial charge in [0.25, 0.3) is 15.9 Å². The van der Waals surface area contributed by atoms with Gasteiger partial charge in [-0.25, -0.2) is 8.42 Å². The Morgan fingerprint density at radius 2 is 1.92 bits per heavy atom. The van der Waals surface area contributed by atoms with Crippen molar-refractivity contribution >= 4 is 27.3 Å². The van der Waals surface area contributed by atoms with Gasteiger partial charge < -0.3 is 9.64 Å². The number of nitrogens with zero attached hydrogens (tertiary/aromatic N) is 2. The Hall–Kier alpha value is -1.90. The van der Waals surface area contributed by atoms with Gasteiger partial charge >= 0.3 is 0 Å². The Balaban J connectivity index is 1.52. The Bertz CT molecular complexity index is 826. The lowest BCUT2D eigenvalue weighted by atomic mass is 10.2. The van der Waals surface area contributed by atoms with Crippen molar-refractivity contribution in [3.05, 3.63) is 47.3 Å². The summed E-state index contributed by atoms with van der Waals surface area (Å²) in [5.41, 5.74) is 1.07. The Morgan fingerprint density at radius 1 is 1.16 bits per heavy atom. The van der Waals surface area contributed by atoms with Gasteiger partial charge in [0.05, 0.1) is 0 Å². The fourth-order valence-electron chi connectivity index (χ4n) is 2.66. The van der Waals surface area contributed by atoms with Crippen LogP contribution in [-0.2, 0) is 14.8 Å². The minimum Gasteiger partial charge on any atom is -0.484 e. The molecule has 2 heterocycles. The molecule has 0 atom stereocenters. The summed E-state index contributed by atoms with van der Waals surface area (Å²) >= 11 is 1.21. The third-order valence-electron chi connectivity index (χ3n) is 4.03. The van der Waals surface area contributed by atoms with Crippen LogP contribution in [0.15, 0.2) is 46.0 Å². The van der Waals surface area contributed by atoms with E-state index < -0.39 is 10.0 Å². The Kier molecular flexibility index (Phi) is 5.41. The number of amides is 1. The van der Waals surface area contributed by atoms with Crippen LogP contribution in [0.25, 0.3) is 0 Å². The van der Waals surface area contributed by atoms with E-state index in [1.165, 1.54) is 15.6 Å². The lowest BCUT2D eigenvalue weighted by Gasteiger charge is -2.33.